The van der Waals surface area contributed by atoms with Gasteiger partial charge in [0.15, 0.2) is 0 Å². The Morgan fingerprint density at radius 1 is 1.47 bits per heavy atom. The van der Waals surface area contributed by atoms with Crippen molar-refractivity contribution in [1.82, 2.24) is 10.2 Å². The lowest BCUT2D eigenvalue weighted by Crippen LogP contribution is -2.40. The van der Waals surface area contributed by atoms with E-state index in [0.717, 1.165) is 31.3 Å². The Morgan fingerprint density at radius 3 is 2.88 bits per heavy atom. The monoisotopic (exact) mass is 260 g/mol. The molecule has 2 N–H and O–H groups in total. The lowest BCUT2D eigenvalue weighted by atomic mass is 10.2. The van der Waals surface area contributed by atoms with Gasteiger partial charge in [-0.3, -0.25) is 14.5 Å². The molecule has 1 amide bonds. The summed E-state index contributed by atoms with van der Waals surface area (Å²) in [6.07, 6.45) is 2.33. The van der Waals surface area contributed by atoms with Gasteiger partial charge >= 0.3 is 5.97 Å². The first-order valence-electron chi connectivity index (χ1n) is 5.93. The predicted molar refractivity (Wildman–Crippen MR) is 68.2 cm³/mol. The summed E-state index contributed by atoms with van der Waals surface area (Å²) in [4.78, 5) is 24.1. The van der Waals surface area contributed by atoms with Gasteiger partial charge in [-0.15, -0.1) is 11.8 Å². The molecule has 0 saturated carbocycles. The average molecular weight is 260 g/mol. The van der Waals surface area contributed by atoms with Crippen LogP contribution < -0.4 is 5.32 Å². The summed E-state index contributed by atoms with van der Waals surface area (Å²) < 4.78 is 0. The van der Waals surface area contributed by atoms with E-state index in [1.807, 2.05) is 0 Å². The molecule has 98 valence electrons. The molecular weight excluding hydrogens is 240 g/mol. The van der Waals surface area contributed by atoms with E-state index >= 15 is 0 Å². The summed E-state index contributed by atoms with van der Waals surface area (Å²) in [7, 11) is 0. The Kier molecular flexibility index (Phi) is 6.36. The number of likely N-dealkylation sites (N-methyl/N-ethyl adjacent to an activating group) is 1. The number of thioether (sulfide) groups is 1. The Hall–Kier alpha value is -0.750. The Morgan fingerprint density at radius 2 is 2.24 bits per heavy atom. The van der Waals surface area contributed by atoms with Crippen LogP contribution in [0.3, 0.4) is 0 Å². The second-order valence-electron chi connectivity index (χ2n) is 4.12. The van der Waals surface area contributed by atoms with E-state index in [1.165, 1.54) is 6.42 Å². The zero-order valence-corrected chi connectivity index (χ0v) is 11.0. The molecule has 1 aliphatic heterocycles. The molecule has 1 rings (SSSR count). The largest absolute Gasteiger partial charge is 0.481 e. The van der Waals surface area contributed by atoms with Crippen molar-refractivity contribution in [1.29, 1.82) is 0 Å². The summed E-state index contributed by atoms with van der Waals surface area (Å²) in [6.45, 7) is 4.95. The number of likely N-dealkylation sites (tertiary alicyclic amines) is 1. The highest BCUT2D eigenvalue weighted by atomic mass is 32.2. The molecule has 0 aromatic carbocycles. The zero-order valence-electron chi connectivity index (χ0n) is 10.1. The molecule has 0 spiro atoms. The molecule has 1 aliphatic rings. The van der Waals surface area contributed by atoms with Crippen LogP contribution in [0.5, 0.6) is 0 Å². The number of nitrogens with one attached hydrogen (secondary N) is 1. The van der Waals surface area contributed by atoms with Crippen molar-refractivity contribution in [2.45, 2.75) is 25.8 Å². The number of rotatable bonds is 7. The van der Waals surface area contributed by atoms with Gasteiger partial charge in [0.05, 0.1) is 11.5 Å². The molecule has 17 heavy (non-hydrogen) atoms. The molecule has 1 fully saturated rings. The molecule has 1 heterocycles. The highest BCUT2D eigenvalue weighted by molar-refractivity contribution is 8.00. The van der Waals surface area contributed by atoms with E-state index in [-0.39, 0.29) is 17.4 Å². The topological polar surface area (TPSA) is 69.6 Å². The van der Waals surface area contributed by atoms with Gasteiger partial charge in [0.25, 0.3) is 0 Å². The fraction of sp³-hybridized carbons (Fsp3) is 0.818. The molecule has 0 aliphatic carbocycles. The second kappa shape index (κ2) is 7.55. The van der Waals surface area contributed by atoms with Gasteiger partial charge in [-0.2, -0.15) is 0 Å². The van der Waals surface area contributed by atoms with Crippen LogP contribution in [0.15, 0.2) is 0 Å². The molecule has 0 aromatic heterocycles. The molecule has 0 radical (unpaired) electrons. The number of carbonyl (C=O) groups is 2. The van der Waals surface area contributed by atoms with E-state index in [9.17, 15) is 9.59 Å². The van der Waals surface area contributed by atoms with Crippen LogP contribution in [0.1, 0.15) is 19.8 Å². The average Bonchev–Trinajstić information content (AvgIpc) is 2.73. The third kappa shape index (κ3) is 5.41. The molecule has 0 aromatic rings. The van der Waals surface area contributed by atoms with E-state index in [0.29, 0.717) is 12.6 Å². The first-order chi connectivity index (χ1) is 8.13. The van der Waals surface area contributed by atoms with Gasteiger partial charge in [0.1, 0.15) is 0 Å². The maximum atomic E-state index is 11.4. The number of nitrogens with zero attached hydrogens (tertiary/aromatic N) is 1. The van der Waals surface area contributed by atoms with Gasteiger partial charge in [0.2, 0.25) is 5.91 Å². The van der Waals surface area contributed by atoms with Crippen molar-refractivity contribution in [3.8, 4) is 0 Å². The fourth-order valence-electron chi connectivity index (χ4n) is 2.06. The Bertz CT molecular complexity index is 273. The summed E-state index contributed by atoms with van der Waals surface area (Å²) in [5, 5.41) is 11.3. The fourth-order valence-corrected chi connectivity index (χ4v) is 2.62. The number of hydrogen-bond donors (Lipinski definition) is 2. The molecule has 1 unspecified atom stereocenters. The zero-order chi connectivity index (χ0) is 12.7. The minimum Gasteiger partial charge on any atom is -0.481 e. The Labute approximate surface area is 106 Å². The van der Waals surface area contributed by atoms with Crippen LogP contribution in [-0.4, -0.2) is 59.1 Å². The minimum absolute atomic E-state index is 0.0159. The van der Waals surface area contributed by atoms with Crippen LogP contribution in [0, 0.1) is 0 Å². The summed E-state index contributed by atoms with van der Waals surface area (Å²) >= 11 is 1.13. The lowest BCUT2D eigenvalue weighted by Gasteiger charge is -2.22. The standard InChI is InChI=1S/C11H20N2O3S/c1-2-13-5-3-4-9(13)6-12-10(14)7-17-8-11(15)16/h9H,2-8H2,1H3,(H,12,14)(H,15,16). The quantitative estimate of drug-likeness (QED) is 0.693. The number of hydrogen-bond acceptors (Lipinski definition) is 4. The van der Waals surface area contributed by atoms with Crippen LogP contribution in [0.4, 0.5) is 0 Å². The highest BCUT2D eigenvalue weighted by Crippen LogP contribution is 2.15. The van der Waals surface area contributed by atoms with Crippen molar-refractivity contribution in [2.75, 3.05) is 31.1 Å². The van der Waals surface area contributed by atoms with Crippen LogP contribution in [0.2, 0.25) is 0 Å². The smallest absolute Gasteiger partial charge is 0.313 e. The van der Waals surface area contributed by atoms with Gasteiger partial charge in [-0.1, -0.05) is 6.92 Å². The summed E-state index contributed by atoms with van der Waals surface area (Å²) in [5.41, 5.74) is 0. The second-order valence-corrected chi connectivity index (χ2v) is 5.10. The Balaban J connectivity index is 2.12. The van der Waals surface area contributed by atoms with Crippen LogP contribution in [-0.2, 0) is 9.59 Å². The number of aliphatic carboxylic acids is 1. The van der Waals surface area contributed by atoms with E-state index < -0.39 is 5.97 Å². The molecule has 5 nitrogen and oxygen atoms in total. The van der Waals surface area contributed by atoms with E-state index in [2.05, 4.69) is 17.1 Å². The first-order valence-corrected chi connectivity index (χ1v) is 7.09. The normalized spacial score (nSPS) is 20.4. The number of carboxylic acids is 1. The van der Waals surface area contributed by atoms with Crippen LogP contribution in [0.25, 0.3) is 0 Å². The third-order valence-corrected chi connectivity index (χ3v) is 3.82. The lowest BCUT2D eigenvalue weighted by molar-refractivity contribution is -0.133. The minimum atomic E-state index is -0.879. The molecule has 1 saturated heterocycles. The summed E-state index contributed by atoms with van der Waals surface area (Å²) in [5.74, 6) is -0.738. The van der Waals surface area contributed by atoms with Crippen molar-refractivity contribution in [2.24, 2.45) is 0 Å². The molecule has 6 heteroatoms. The maximum absolute atomic E-state index is 11.4. The predicted octanol–water partition coefficient (Wildman–Crippen LogP) is 0.405. The van der Waals surface area contributed by atoms with Gasteiger partial charge in [-0.05, 0) is 25.9 Å². The first kappa shape index (κ1) is 14.3. The highest BCUT2D eigenvalue weighted by Gasteiger charge is 2.22. The van der Waals surface area contributed by atoms with E-state index in [4.69, 9.17) is 5.11 Å². The van der Waals surface area contributed by atoms with Gasteiger partial charge in [0, 0.05) is 12.6 Å². The van der Waals surface area contributed by atoms with Crippen LogP contribution >= 0.6 is 11.8 Å². The van der Waals surface area contributed by atoms with Gasteiger partial charge in [-0.25, -0.2) is 0 Å². The van der Waals surface area contributed by atoms with Gasteiger partial charge < -0.3 is 10.4 Å². The number of carboxylic acid groups (broad SMARTS) is 1. The SMILES string of the molecule is CCN1CCCC1CNC(=O)CSCC(=O)O. The number of carbonyl (C=O) groups excluding carboxylic acids is 1. The molecule has 1 atom stereocenters. The molecule has 0 bridgehead atoms. The van der Waals surface area contributed by atoms with Crippen molar-refractivity contribution in [3.63, 3.8) is 0 Å². The van der Waals surface area contributed by atoms with Crippen molar-refractivity contribution >= 4 is 23.6 Å². The van der Waals surface area contributed by atoms with Crippen molar-refractivity contribution < 1.29 is 14.7 Å². The third-order valence-electron chi connectivity index (χ3n) is 2.90. The number of amides is 1. The van der Waals surface area contributed by atoms with Crippen molar-refractivity contribution in [3.05, 3.63) is 0 Å². The van der Waals surface area contributed by atoms with E-state index in [1.54, 1.807) is 0 Å². The molecular formula is C11H20N2O3S. The maximum Gasteiger partial charge on any atom is 0.313 e. The summed E-state index contributed by atoms with van der Waals surface area (Å²) in [6, 6.07) is 0.452.